The molecule has 1 amide bonds. The maximum Gasteiger partial charge on any atom is 0.270 e. The highest BCUT2D eigenvalue weighted by Gasteiger charge is 2.17. The Bertz CT molecular complexity index is 1150. The summed E-state index contributed by atoms with van der Waals surface area (Å²) in [5.74, 6) is 0.0287. The molecule has 0 radical (unpaired) electrons. The standard InChI is InChI=1S/C19H17N5O5S/c25-19(15-12-21-18(22-13-15)14-5-2-1-3-6-14)20-9-10-23-30(28,29)17-8-4-7-16(11-17)24(26)27/h1-8,11-13,23H,9-10H2,(H,20,25). The molecule has 0 bridgehead atoms. The van der Waals surface area contributed by atoms with Crippen LogP contribution in [0.15, 0.2) is 71.9 Å². The Hall–Kier alpha value is -3.70. The zero-order chi connectivity index (χ0) is 21.6. The second-order valence-corrected chi connectivity index (χ2v) is 7.84. The van der Waals surface area contributed by atoms with Gasteiger partial charge in [-0.1, -0.05) is 36.4 Å². The molecule has 154 valence electrons. The number of nitro groups is 1. The highest BCUT2D eigenvalue weighted by molar-refractivity contribution is 7.89. The number of nitrogens with zero attached hydrogens (tertiary/aromatic N) is 3. The summed E-state index contributed by atoms with van der Waals surface area (Å²) in [5.41, 5.74) is 0.723. The second kappa shape index (κ2) is 9.20. The SMILES string of the molecule is O=C(NCCNS(=O)(=O)c1cccc([N+](=O)[O-])c1)c1cnc(-c2ccccc2)nc1. The van der Waals surface area contributed by atoms with E-state index >= 15 is 0 Å². The number of rotatable bonds is 8. The van der Waals surface area contributed by atoms with Gasteiger partial charge in [-0.3, -0.25) is 14.9 Å². The number of hydrogen-bond donors (Lipinski definition) is 2. The molecule has 0 spiro atoms. The molecular formula is C19H17N5O5S. The fourth-order valence-electron chi connectivity index (χ4n) is 2.49. The summed E-state index contributed by atoms with van der Waals surface area (Å²) in [6.45, 7) is -0.0901. The topological polar surface area (TPSA) is 144 Å². The van der Waals surface area contributed by atoms with Gasteiger partial charge in [0.25, 0.3) is 11.6 Å². The van der Waals surface area contributed by atoms with Crippen molar-refractivity contribution in [1.82, 2.24) is 20.0 Å². The van der Waals surface area contributed by atoms with E-state index in [2.05, 4.69) is 20.0 Å². The molecule has 1 aromatic heterocycles. The molecule has 11 heteroatoms. The molecule has 1 heterocycles. The van der Waals surface area contributed by atoms with E-state index in [1.165, 1.54) is 30.6 Å². The second-order valence-electron chi connectivity index (χ2n) is 6.07. The quantitative estimate of drug-likeness (QED) is 0.317. The number of carbonyl (C=O) groups excluding carboxylic acids is 1. The molecule has 0 saturated carbocycles. The smallest absolute Gasteiger partial charge is 0.270 e. The Morgan fingerprint density at radius 3 is 2.37 bits per heavy atom. The highest BCUT2D eigenvalue weighted by Crippen LogP contribution is 2.17. The van der Waals surface area contributed by atoms with Crippen LogP contribution in [-0.4, -0.2) is 42.3 Å². The van der Waals surface area contributed by atoms with Gasteiger partial charge in [0.2, 0.25) is 10.0 Å². The molecule has 0 aliphatic carbocycles. The number of sulfonamides is 1. The summed E-state index contributed by atoms with van der Waals surface area (Å²) < 4.78 is 26.7. The monoisotopic (exact) mass is 427 g/mol. The van der Waals surface area contributed by atoms with Crippen molar-refractivity contribution in [3.05, 3.63) is 82.7 Å². The molecule has 0 fully saturated rings. The van der Waals surface area contributed by atoms with Crippen LogP contribution in [0.5, 0.6) is 0 Å². The first-order valence-corrected chi connectivity index (χ1v) is 10.2. The van der Waals surface area contributed by atoms with E-state index < -0.39 is 20.9 Å². The third-order valence-corrected chi connectivity index (χ3v) is 5.45. The van der Waals surface area contributed by atoms with Crippen LogP contribution >= 0.6 is 0 Å². The minimum absolute atomic E-state index is 0.00737. The number of nitrogens with one attached hydrogen (secondary N) is 2. The molecule has 0 aliphatic heterocycles. The largest absolute Gasteiger partial charge is 0.351 e. The third-order valence-electron chi connectivity index (χ3n) is 3.99. The van der Waals surface area contributed by atoms with Crippen LogP contribution in [-0.2, 0) is 10.0 Å². The van der Waals surface area contributed by atoms with Crippen LogP contribution in [0.2, 0.25) is 0 Å². The Labute approximate surface area is 172 Å². The van der Waals surface area contributed by atoms with Gasteiger partial charge < -0.3 is 5.32 Å². The summed E-state index contributed by atoms with van der Waals surface area (Å²) in [6.07, 6.45) is 2.77. The number of amides is 1. The number of nitro benzene ring substituents is 1. The molecule has 2 N–H and O–H groups in total. The van der Waals surface area contributed by atoms with Crippen LogP contribution in [0.4, 0.5) is 5.69 Å². The number of hydrogen-bond acceptors (Lipinski definition) is 7. The van der Waals surface area contributed by atoms with Crippen molar-refractivity contribution < 1.29 is 18.1 Å². The Kier molecular flexibility index (Phi) is 6.45. The number of benzene rings is 2. The van der Waals surface area contributed by atoms with E-state index in [1.54, 1.807) is 0 Å². The van der Waals surface area contributed by atoms with Gasteiger partial charge >= 0.3 is 0 Å². The Balaban J connectivity index is 1.53. The van der Waals surface area contributed by atoms with Crippen molar-refractivity contribution in [3.63, 3.8) is 0 Å². The third kappa shape index (κ3) is 5.21. The summed E-state index contributed by atoms with van der Waals surface area (Å²) in [6, 6.07) is 14.0. The molecule has 0 unspecified atom stereocenters. The van der Waals surface area contributed by atoms with E-state index in [0.29, 0.717) is 5.82 Å². The lowest BCUT2D eigenvalue weighted by Gasteiger charge is -2.08. The molecule has 0 aliphatic rings. The van der Waals surface area contributed by atoms with Gasteiger partial charge in [0.05, 0.1) is 15.4 Å². The van der Waals surface area contributed by atoms with Gasteiger partial charge in [-0.15, -0.1) is 0 Å². The van der Waals surface area contributed by atoms with Crippen molar-refractivity contribution >= 4 is 21.6 Å². The molecule has 2 aromatic carbocycles. The van der Waals surface area contributed by atoms with Crippen molar-refractivity contribution in [2.75, 3.05) is 13.1 Å². The molecule has 30 heavy (non-hydrogen) atoms. The van der Waals surface area contributed by atoms with Gasteiger partial charge in [-0.2, -0.15) is 0 Å². The average Bonchev–Trinajstić information content (AvgIpc) is 2.77. The van der Waals surface area contributed by atoms with Gasteiger partial charge in [-0.25, -0.2) is 23.1 Å². The molecule has 0 saturated heterocycles. The first-order chi connectivity index (χ1) is 14.4. The summed E-state index contributed by atoms with van der Waals surface area (Å²) in [4.78, 5) is 30.4. The fraction of sp³-hybridized carbons (Fsp3) is 0.105. The van der Waals surface area contributed by atoms with Crippen molar-refractivity contribution in [2.45, 2.75) is 4.90 Å². The molecule has 10 nitrogen and oxygen atoms in total. The van der Waals surface area contributed by atoms with E-state index in [9.17, 15) is 23.3 Å². The lowest BCUT2D eigenvalue weighted by molar-refractivity contribution is -0.385. The summed E-state index contributed by atoms with van der Waals surface area (Å²) in [7, 11) is -3.95. The van der Waals surface area contributed by atoms with Crippen molar-refractivity contribution in [1.29, 1.82) is 0 Å². The highest BCUT2D eigenvalue weighted by atomic mass is 32.2. The maximum absolute atomic E-state index is 12.2. The fourth-order valence-corrected chi connectivity index (χ4v) is 3.56. The van der Waals surface area contributed by atoms with Crippen LogP contribution in [0, 0.1) is 10.1 Å². The van der Waals surface area contributed by atoms with Crippen LogP contribution in [0.3, 0.4) is 0 Å². The average molecular weight is 427 g/mol. The van der Waals surface area contributed by atoms with Crippen molar-refractivity contribution in [3.8, 4) is 11.4 Å². The van der Waals surface area contributed by atoms with Crippen molar-refractivity contribution in [2.24, 2.45) is 0 Å². The summed E-state index contributed by atoms with van der Waals surface area (Å²) in [5, 5.41) is 13.3. The van der Waals surface area contributed by atoms with E-state index in [-0.39, 0.29) is 29.2 Å². The number of carbonyl (C=O) groups is 1. The van der Waals surface area contributed by atoms with Crippen LogP contribution in [0.25, 0.3) is 11.4 Å². The normalized spacial score (nSPS) is 11.1. The van der Waals surface area contributed by atoms with Gasteiger partial charge in [0.15, 0.2) is 5.82 Å². The summed E-state index contributed by atoms with van der Waals surface area (Å²) >= 11 is 0. The lowest BCUT2D eigenvalue weighted by Crippen LogP contribution is -2.34. The number of non-ortho nitro benzene ring substituents is 1. The molecule has 3 aromatic rings. The predicted octanol–water partition coefficient (Wildman–Crippen LogP) is 1.76. The first kappa shape index (κ1) is 21.0. The lowest BCUT2D eigenvalue weighted by atomic mass is 10.2. The zero-order valence-corrected chi connectivity index (χ0v) is 16.4. The van der Waals surface area contributed by atoms with E-state index in [0.717, 1.165) is 11.6 Å². The molecule has 0 atom stereocenters. The van der Waals surface area contributed by atoms with Gasteiger partial charge in [0.1, 0.15) is 0 Å². The number of aromatic nitrogens is 2. The van der Waals surface area contributed by atoms with Gasteiger partial charge in [-0.05, 0) is 6.07 Å². The van der Waals surface area contributed by atoms with E-state index in [1.807, 2.05) is 30.3 Å². The van der Waals surface area contributed by atoms with Crippen LogP contribution in [0.1, 0.15) is 10.4 Å². The Morgan fingerprint density at radius 2 is 1.70 bits per heavy atom. The zero-order valence-electron chi connectivity index (χ0n) is 15.6. The van der Waals surface area contributed by atoms with Gasteiger partial charge in [0, 0.05) is 43.2 Å². The molecular weight excluding hydrogens is 410 g/mol. The van der Waals surface area contributed by atoms with E-state index in [4.69, 9.17) is 0 Å². The maximum atomic E-state index is 12.2. The first-order valence-electron chi connectivity index (χ1n) is 8.76. The molecule has 3 rings (SSSR count). The van der Waals surface area contributed by atoms with Crippen LogP contribution < -0.4 is 10.0 Å². The minimum Gasteiger partial charge on any atom is -0.351 e. The predicted molar refractivity (Wildman–Crippen MR) is 108 cm³/mol. The minimum atomic E-state index is -3.95. The Morgan fingerprint density at radius 1 is 1.00 bits per heavy atom.